The van der Waals surface area contributed by atoms with Crippen LogP contribution in [0.1, 0.15) is 12.0 Å². The Kier molecular flexibility index (Phi) is 4.06. The van der Waals surface area contributed by atoms with Crippen molar-refractivity contribution in [3.05, 3.63) is 23.8 Å². The molecule has 0 atom stereocenters. The second-order valence-corrected chi connectivity index (χ2v) is 4.07. The van der Waals surface area contributed by atoms with E-state index < -0.39 is 5.79 Å². The second kappa shape index (κ2) is 5.56. The molecule has 1 aliphatic rings. The number of rotatable bonds is 4. The van der Waals surface area contributed by atoms with Crippen LogP contribution in [0.15, 0.2) is 18.2 Å². The van der Waals surface area contributed by atoms with Crippen molar-refractivity contribution in [3.63, 3.8) is 0 Å². The third-order valence-corrected chi connectivity index (χ3v) is 3.05. The molecule has 1 aromatic carbocycles. The Morgan fingerprint density at radius 1 is 1.22 bits per heavy atom. The summed E-state index contributed by atoms with van der Waals surface area (Å²) in [4.78, 5) is 0. The van der Waals surface area contributed by atoms with Crippen molar-refractivity contribution in [3.8, 4) is 11.5 Å². The second-order valence-electron chi connectivity index (χ2n) is 4.07. The third kappa shape index (κ3) is 2.29. The van der Waals surface area contributed by atoms with E-state index in [0.29, 0.717) is 19.0 Å². The summed E-state index contributed by atoms with van der Waals surface area (Å²) in [6.07, 6.45) is 0.875. The Morgan fingerprint density at radius 3 is 2.50 bits per heavy atom. The lowest BCUT2D eigenvalue weighted by molar-refractivity contribution is -0.270. The number of methoxy groups -OCH3 is 2. The Morgan fingerprint density at radius 2 is 1.94 bits per heavy atom. The summed E-state index contributed by atoms with van der Waals surface area (Å²) >= 11 is 0. The monoisotopic (exact) mass is 253 g/mol. The van der Waals surface area contributed by atoms with Crippen molar-refractivity contribution >= 4 is 0 Å². The van der Waals surface area contributed by atoms with E-state index in [9.17, 15) is 0 Å². The molecule has 5 heteroatoms. The van der Waals surface area contributed by atoms with Gasteiger partial charge in [0.2, 0.25) is 5.79 Å². The topological polar surface area (TPSA) is 62.9 Å². The van der Waals surface area contributed by atoms with Crippen molar-refractivity contribution < 1.29 is 18.9 Å². The first-order valence-electron chi connectivity index (χ1n) is 5.96. The molecule has 2 rings (SSSR count). The van der Waals surface area contributed by atoms with Crippen LogP contribution in [0.5, 0.6) is 11.5 Å². The van der Waals surface area contributed by atoms with Gasteiger partial charge in [0.05, 0.1) is 39.5 Å². The summed E-state index contributed by atoms with van der Waals surface area (Å²) in [5.74, 6) is 0.468. The van der Waals surface area contributed by atoms with Crippen LogP contribution in [-0.4, -0.2) is 34.0 Å². The first kappa shape index (κ1) is 13.1. The standard InChI is InChI=1S/C13H19NO4/c1-15-10-4-5-11(12(8-10)16-2)13(9-14)17-6-3-7-18-13/h4-5,8H,3,6-7,9,14H2,1-2H3. The molecule has 5 nitrogen and oxygen atoms in total. The molecule has 0 unspecified atom stereocenters. The van der Waals surface area contributed by atoms with Crippen LogP contribution in [0.2, 0.25) is 0 Å². The van der Waals surface area contributed by atoms with Crippen molar-refractivity contribution in [1.29, 1.82) is 0 Å². The fourth-order valence-electron chi connectivity index (χ4n) is 2.07. The van der Waals surface area contributed by atoms with Gasteiger partial charge >= 0.3 is 0 Å². The van der Waals surface area contributed by atoms with Crippen molar-refractivity contribution in [1.82, 2.24) is 0 Å². The Hall–Kier alpha value is -1.30. The molecule has 1 aliphatic heterocycles. The highest BCUT2D eigenvalue weighted by Crippen LogP contribution is 2.37. The first-order chi connectivity index (χ1) is 8.75. The lowest BCUT2D eigenvalue weighted by atomic mass is 10.0. The zero-order valence-corrected chi connectivity index (χ0v) is 10.8. The molecule has 0 spiro atoms. The maximum absolute atomic E-state index is 5.83. The number of benzene rings is 1. The number of hydrogen-bond acceptors (Lipinski definition) is 5. The zero-order chi connectivity index (χ0) is 13.0. The average Bonchev–Trinajstić information content (AvgIpc) is 2.47. The number of nitrogens with two attached hydrogens (primary N) is 1. The molecule has 18 heavy (non-hydrogen) atoms. The quantitative estimate of drug-likeness (QED) is 0.875. The minimum Gasteiger partial charge on any atom is -0.497 e. The van der Waals surface area contributed by atoms with Crippen molar-refractivity contribution in [2.45, 2.75) is 12.2 Å². The van der Waals surface area contributed by atoms with Crippen molar-refractivity contribution in [2.24, 2.45) is 5.73 Å². The van der Waals surface area contributed by atoms with E-state index in [-0.39, 0.29) is 6.54 Å². The fourth-order valence-corrected chi connectivity index (χ4v) is 2.07. The Balaban J connectivity index is 2.40. The smallest absolute Gasteiger partial charge is 0.211 e. The van der Waals surface area contributed by atoms with Gasteiger partial charge in [-0.2, -0.15) is 0 Å². The molecular weight excluding hydrogens is 234 g/mol. The molecule has 1 heterocycles. The van der Waals surface area contributed by atoms with E-state index >= 15 is 0 Å². The number of hydrogen-bond donors (Lipinski definition) is 1. The highest BCUT2D eigenvalue weighted by molar-refractivity contribution is 5.43. The van der Waals surface area contributed by atoms with Gasteiger partial charge in [0.25, 0.3) is 0 Å². The summed E-state index contributed by atoms with van der Waals surface area (Å²) in [5, 5.41) is 0. The van der Waals surface area contributed by atoms with Gasteiger partial charge in [-0.25, -0.2) is 0 Å². The summed E-state index contributed by atoms with van der Waals surface area (Å²) in [7, 11) is 3.21. The normalized spacial score (nSPS) is 18.4. The zero-order valence-electron chi connectivity index (χ0n) is 10.8. The molecule has 1 aromatic rings. The summed E-state index contributed by atoms with van der Waals surface area (Å²) in [6, 6.07) is 5.51. The van der Waals surface area contributed by atoms with Gasteiger partial charge in [-0.3, -0.25) is 0 Å². The van der Waals surface area contributed by atoms with Crippen LogP contribution in [0.25, 0.3) is 0 Å². The average molecular weight is 253 g/mol. The summed E-state index contributed by atoms with van der Waals surface area (Å²) in [6.45, 7) is 1.51. The lowest BCUT2D eigenvalue weighted by Gasteiger charge is -2.37. The SMILES string of the molecule is COc1ccc(C2(CN)OCCCO2)c(OC)c1. The maximum atomic E-state index is 5.83. The largest absolute Gasteiger partial charge is 0.497 e. The molecule has 1 fully saturated rings. The van der Waals surface area contributed by atoms with E-state index in [1.54, 1.807) is 20.3 Å². The summed E-state index contributed by atoms with van der Waals surface area (Å²) in [5.41, 5.74) is 6.63. The molecular formula is C13H19NO4. The first-order valence-corrected chi connectivity index (χ1v) is 5.96. The van der Waals surface area contributed by atoms with Crippen molar-refractivity contribution in [2.75, 3.05) is 34.0 Å². The van der Waals surface area contributed by atoms with Crippen LogP contribution in [0.4, 0.5) is 0 Å². The molecule has 2 N–H and O–H groups in total. The van der Waals surface area contributed by atoms with Gasteiger partial charge in [-0.1, -0.05) is 0 Å². The van der Waals surface area contributed by atoms with Crippen LogP contribution < -0.4 is 15.2 Å². The van der Waals surface area contributed by atoms with Gasteiger partial charge in [0, 0.05) is 6.07 Å². The molecule has 0 aromatic heterocycles. The van der Waals surface area contributed by atoms with E-state index in [1.165, 1.54) is 0 Å². The molecule has 0 radical (unpaired) electrons. The van der Waals surface area contributed by atoms with E-state index in [2.05, 4.69) is 0 Å². The van der Waals surface area contributed by atoms with Gasteiger partial charge < -0.3 is 24.7 Å². The predicted octanol–water partition coefficient (Wildman–Crippen LogP) is 1.25. The van der Waals surface area contributed by atoms with E-state index in [4.69, 9.17) is 24.7 Å². The van der Waals surface area contributed by atoms with Crippen LogP contribution >= 0.6 is 0 Å². The fraction of sp³-hybridized carbons (Fsp3) is 0.538. The van der Waals surface area contributed by atoms with Gasteiger partial charge in [-0.15, -0.1) is 0 Å². The molecule has 100 valence electrons. The minimum absolute atomic E-state index is 0.246. The Bertz CT molecular complexity index is 402. The van der Waals surface area contributed by atoms with Crippen LogP contribution in [-0.2, 0) is 15.3 Å². The number of ether oxygens (including phenoxy) is 4. The van der Waals surface area contributed by atoms with E-state index in [1.807, 2.05) is 12.1 Å². The molecule has 0 bridgehead atoms. The third-order valence-electron chi connectivity index (χ3n) is 3.05. The van der Waals surface area contributed by atoms with E-state index in [0.717, 1.165) is 17.7 Å². The minimum atomic E-state index is -0.907. The highest BCUT2D eigenvalue weighted by Gasteiger charge is 2.38. The molecule has 0 aliphatic carbocycles. The molecule has 0 amide bonds. The molecule has 1 saturated heterocycles. The maximum Gasteiger partial charge on any atom is 0.211 e. The van der Waals surface area contributed by atoms with Gasteiger partial charge in [0.15, 0.2) is 0 Å². The molecule has 0 saturated carbocycles. The summed E-state index contributed by atoms with van der Waals surface area (Å²) < 4.78 is 22.0. The lowest BCUT2D eigenvalue weighted by Crippen LogP contribution is -2.44. The highest BCUT2D eigenvalue weighted by atomic mass is 16.7. The van der Waals surface area contributed by atoms with Crippen LogP contribution in [0, 0.1) is 0 Å². The van der Waals surface area contributed by atoms with Crippen LogP contribution in [0.3, 0.4) is 0 Å². The Labute approximate surface area is 107 Å². The van der Waals surface area contributed by atoms with Gasteiger partial charge in [-0.05, 0) is 18.6 Å². The predicted molar refractivity (Wildman–Crippen MR) is 66.8 cm³/mol. The van der Waals surface area contributed by atoms with Gasteiger partial charge in [0.1, 0.15) is 11.5 Å².